The summed E-state index contributed by atoms with van der Waals surface area (Å²) >= 11 is 0. The van der Waals surface area contributed by atoms with Crippen molar-refractivity contribution in [2.45, 2.75) is 45.6 Å². The van der Waals surface area contributed by atoms with Gasteiger partial charge in [-0.25, -0.2) is 0 Å². The van der Waals surface area contributed by atoms with E-state index in [1.807, 2.05) is 0 Å². The molecule has 0 unspecified atom stereocenters. The van der Waals surface area contributed by atoms with Gasteiger partial charge in [-0.1, -0.05) is 13.8 Å². The number of rotatable bonds is 11. The van der Waals surface area contributed by atoms with Crippen LogP contribution in [0.25, 0.3) is 0 Å². The van der Waals surface area contributed by atoms with Crippen molar-refractivity contribution in [3.63, 3.8) is 0 Å². The van der Waals surface area contributed by atoms with Crippen molar-refractivity contribution < 1.29 is 4.74 Å². The normalized spacial score (nSPS) is 19.9. The molecule has 2 aliphatic carbocycles. The van der Waals surface area contributed by atoms with Crippen molar-refractivity contribution >= 4 is 0 Å². The van der Waals surface area contributed by atoms with Gasteiger partial charge in [0.15, 0.2) is 0 Å². The zero-order valence-electron chi connectivity index (χ0n) is 13.0. The van der Waals surface area contributed by atoms with Gasteiger partial charge in [-0.15, -0.1) is 0 Å². The molecule has 1 N–H and O–H groups in total. The van der Waals surface area contributed by atoms with Crippen LogP contribution in [0.15, 0.2) is 0 Å². The predicted molar refractivity (Wildman–Crippen MR) is 80.4 cm³/mol. The van der Waals surface area contributed by atoms with Gasteiger partial charge < -0.3 is 10.1 Å². The summed E-state index contributed by atoms with van der Waals surface area (Å²) in [7, 11) is 1.79. The third kappa shape index (κ3) is 5.80. The Kier molecular flexibility index (Phi) is 6.11. The second-order valence-electron chi connectivity index (χ2n) is 6.84. The molecule has 2 aliphatic rings. The Hall–Kier alpha value is -0.120. The van der Waals surface area contributed by atoms with E-state index in [4.69, 9.17) is 4.74 Å². The van der Waals surface area contributed by atoms with E-state index >= 15 is 0 Å². The van der Waals surface area contributed by atoms with Crippen LogP contribution in [-0.2, 0) is 4.74 Å². The van der Waals surface area contributed by atoms with Crippen LogP contribution >= 0.6 is 0 Å². The van der Waals surface area contributed by atoms with E-state index in [1.165, 1.54) is 32.2 Å². The first-order valence-corrected chi connectivity index (χ1v) is 8.15. The third-order valence-corrected chi connectivity index (χ3v) is 4.30. The van der Waals surface area contributed by atoms with Crippen LogP contribution < -0.4 is 5.32 Å². The van der Waals surface area contributed by atoms with Gasteiger partial charge in [0.25, 0.3) is 0 Å². The highest BCUT2D eigenvalue weighted by molar-refractivity contribution is 4.96. The predicted octanol–water partition coefficient (Wildman–Crippen LogP) is 2.37. The SMILES string of the molecule is COCCN(CCNC(C1CC1)C1CC1)CC(C)C. The minimum atomic E-state index is 0.736. The van der Waals surface area contributed by atoms with E-state index in [1.54, 1.807) is 7.11 Å². The zero-order chi connectivity index (χ0) is 13.7. The van der Waals surface area contributed by atoms with Gasteiger partial charge in [0.05, 0.1) is 6.61 Å². The molecule has 2 rings (SSSR count). The maximum Gasteiger partial charge on any atom is 0.0589 e. The van der Waals surface area contributed by atoms with E-state index in [0.717, 1.165) is 50.0 Å². The topological polar surface area (TPSA) is 24.5 Å². The Labute approximate surface area is 119 Å². The van der Waals surface area contributed by atoms with E-state index in [2.05, 4.69) is 24.1 Å². The highest BCUT2D eigenvalue weighted by atomic mass is 16.5. The van der Waals surface area contributed by atoms with Gasteiger partial charge in [0.2, 0.25) is 0 Å². The van der Waals surface area contributed by atoms with Gasteiger partial charge in [-0.2, -0.15) is 0 Å². The van der Waals surface area contributed by atoms with Gasteiger partial charge in [-0.05, 0) is 43.4 Å². The Bertz CT molecular complexity index is 237. The number of hydrogen-bond acceptors (Lipinski definition) is 3. The smallest absolute Gasteiger partial charge is 0.0589 e. The fourth-order valence-electron chi connectivity index (χ4n) is 3.05. The van der Waals surface area contributed by atoms with Gasteiger partial charge in [0, 0.05) is 39.3 Å². The Balaban J connectivity index is 1.64. The van der Waals surface area contributed by atoms with E-state index in [9.17, 15) is 0 Å². The molecule has 0 aromatic rings. The average Bonchev–Trinajstić information content (AvgIpc) is 3.24. The van der Waals surface area contributed by atoms with E-state index in [0.29, 0.717) is 0 Å². The molecule has 3 heteroatoms. The summed E-state index contributed by atoms with van der Waals surface area (Å²) in [5, 5.41) is 3.84. The maximum atomic E-state index is 5.22. The molecular formula is C16H32N2O. The first-order chi connectivity index (χ1) is 9.20. The highest BCUT2D eigenvalue weighted by Gasteiger charge is 2.40. The first-order valence-electron chi connectivity index (χ1n) is 8.15. The molecule has 2 fully saturated rings. The lowest BCUT2D eigenvalue weighted by molar-refractivity contribution is 0.139. The molecule has 112 valence electrons. The molecule has 0 aromatic carbocycles. The zero-order valence-corrected chi connectivity index (χ0v) is 13.0. The fraction of sp³-hybridized carbons (Fsp3) is 1.00. The summed E-state index contributed by atoms with van der Waals surface area (Å²) in [4.78, 5) is 2.54. The first kappa shape index (κ1) is 15.3. The van der Waals surface area contributed by atoms with Crippen LogP contribution in [0.3, 0.4) is 0 Å². The summed E-state index contributed by atoms with van der Waals surface area (Å²) in [6.45, 7) is 10.00. The number of ether oxygens (including phenoxy) is 1. The molecule has 0 bridgehead atoms. The molecule has 0 aliphatic heterocycles. The quantitative estimate of drug-likeness (QED) is 0.622. The van der Waals surface area contributed by atoms with Crippen molar-refractivity contribution in [2.75, 3.05) is 39.9 Å². The van der Waals surface area contributed by atoms with Crippen molar-refractivity contribution in [3.8, 4) is 0 Å². The monoisotopic (exact) mass is 268 g/mol. The lowest BCUT2D eigenvalue weighted by Crippen LogP contribution is -2.41. The Morgan fingerprint density at radius 2 is 1.74 bits per heavy atom. The fourth-order valence-corrected chi connectivity index (χ4v) is 3.05. The summed E-state index contributed by atoms with van der Waals surface area (Å²) in [6, 6.07) is 0.836. The lowest BCUT2D eigenvalue weighted by atomic mass is 10.1. The molecule has 0 saturated heterocycles. The van der Waals surface area contributed by atoms with Gasteiger partial charge >= 0.3 is 0 Å². The van der Waals surface area contributed by atoms with Crippen LogP contribution in [0.2, 0.25) is 0 Å². The Morgan fingerprint density at radius 1 is 1.11 bits per heavy atom. The summed E-state index contributed by atoms with van der Waals surface area (Å²) < 4.78 is 5.22. The molecule has 0 spiro atoms. The Morgan fingerprint density at radius 3 is 2.21 bits per heavy atom. The van der Waals surface area contributed by atoms with E-state index < -0.39 is 0 Å². The molecule has 0 radical (unpaired) electrons. The van der Waals surface area contributed by atoms with Crippen LogP contribution in [0.1, 0.15) is 39.5 Å². The summed E-state index contributed by atoms with van der Waals surface area (Å²) in [6.07, 6.45) is 5.86. The second kappa shape index (κ2) is 7.61. The standard InChI is InChI=1S/C16H32N2O/c1-13(2)12-18(10-11-19-3)9-8-17-16(14-4-5-14)15-6-7-15/h13-17H,4-12H2,1-3H3. The molecular weight excluding hydrogens is 236 g/mol. The molecule has 0 amide bonds. The number of methoxy groups -OCH3 is 1. The molecule has 0 atom stereocenters. The van der Waals surface area contributed by atoms with Crippen LogP contribution in [0, 0.1) is 17.8 Å². The third-order valence-electron chi connectivity index (χ3n) is 4.30. The molecule has 2 saturated carbocycles. The van der Waals surface area contributed by atoms with Crippen LogP contribution in [-0.4, -0.2) is 50.8 Å². The van der Waals surface area contributed by atoms with Crippen LogP contribution in [0.5, 0.6) is 0 Å². The van der Waals surface area contributed by atoms with Crippen molar-refractivity contribution in [1.29, 1.82) is 0 Å². The number of nitrogens with one attached hydrogen (secondary N) is 1. The minimum Gasteiger partial charge on any atom is -0.383 e. The van der Waals surface area contributed by atoms with Gasteiger partial charge in [-0.3, -0.25) is 4.90 Å². The van der Waals surface area contributed by atoms with E-state index in [-0.39, 0.29) is 0 Å². The highest BCUT2D eigenvalue weighted by Crippen LogP contribution is 2.44. The van der Waals surface area contributed by atoms with Gasteiger partial charge in [0.1, 0.15) is 0 Å². The molecule has 19 heavy (non-hydrogen) atoms. The molecule has 3 nitrogen and oxygen atoms in total. The van der Waals surface area contributed by atoms with Crippen LogP contribution in [0.4, 0.5) is 0 Å². The minimum absolute atomic E-state index is 0.736. The number of nitrogens with zero attached hydrogens (tertiary/aromatic N) is 1. The second-order valence-corrected chi connectivity index (χ2v) is 6.84. The molecule has 0 heterocycles. The molecule has 0 aromatic heterocycles. The van der Waals surface area contributed by atoms with Crippen molar-refractivity contribution in [3.05, 3.63) is 0 Å². The lowest BCUT2D eigenvalue weighted by Gasteiger charge is -2.26. The van der Waals surface area contributed by atoms with Crippen molar-refractivity contribution in [1.82, 2.24) is 10.2 Å². The maximum absolute atomic E-state index is 5.22. The number of hydrogen-bond donors (Lipinski definition) is 1. The van der Waals surface area contributed by atoms with Crippen molar-refractivity contribution in [2.24, 2.45) is 17.8 Å². The summed E-state index contributed by atoms with van der Waals surface area (Å²) in [5.74, 6) is 2.74. The summed E-state index contributed by atoms with van der Waals surface area (Å²) in [5.41, 5.74) is 0. The largest absolute Gasteiger partial charge is 0.383 e. The average molecular weight is 268 g/mol.